The third-order valence-corrected chi connectivity index (χ3v) is 5.96. The van der Waals surface area contributed by atoms with Gasteiger partial charge in [0.25, 0.3) is 0 Å². The Labute approximate surface area is 128 Å². The van der Waals surface area contributed by atoms with Gasteiger partial charge in [0.05, 0.1) is 12.2 Å². The molecule has 0 N–H and O–H groups in total. The predicted molar refractivity (Wildman–Crippen MR) is 90.9 cm³/mol. The Kier molecular flexibility index (Phi) is 8.30. The van der Waals surface area contributed by atoms with Gasteiger partial charge in [-0.25, -0.2) is 0 Å². The quantitative estimate of drug-likeness (QED) is 0.546. The maximum atomic E-state index is 6.44. The molecule has 0 aromatic carbocycles. The molecule has 0 saturated heterocycles. The molecule has 0 saturated carbocycles. The highest BCUT2D eigenvalue weighted by Gasteiger charge is 2.37. The van der Waals surface area contributed by atoms with Crippen molar-refractivity contribution in [3.8, 4) is 0 Å². The maximum absolute atomic E-state index is 6.44. The average molecular weight is 301 g/mol. The van der Waals surface area contributed by atoms with E-state index in [0.717, 1.165) is 0 Å². The van der Waals surface area contributed by atoms with Gasteiger partial charge in [-0.3, -0.25) is 0 Å². The van der Waals surface area contributed by atoms with Crippen LogP contribution in [0.25, 0.3) is 0 Å². The minimum absolute atomic E-state index is 0.227. The zero-order chi connectivity index (χ0) is 16.1. The monoisotopic (exact) mass is 300 g/mol. The van der Waals surface area contributed by atoms with Crippen LogP contribution in [0.4, 0.5) is 0 Å². The third-order valence-electron chi connectivity index (χ3n) is 3.74. The minimum atomic E-state index is -2.34. The van der Waals surface area contributed by atoms with Crippen LogP contribution in [0.15, 0.2) is 12.3 Å². The molecule has 0 fully saturated rings. The van der Waals surface area contributed by atoms with Crippen molar-refractivity contribution in [2.45, 2.75) is 74.1 Å². The van der Waals surface area contributed by atoms with Crippen molar-refractivity contribution < 1.29 is 8.85 Å². The SMILES string of the molecule is C=C[Si](C)(OC(C(C)C)C(C)C)OC(C(C)C)C(C)C. The fourth-order valence-corrected chi connectivity index (χ4v) is 5.17. The van der Waals surface area contributed by atoms with Crippen molar-refractivity contribution in [1.29, 1.82) is 0 Å². The number of rotatable bonds is 9. The van der Waals surface area contributed by atoms with Gasteiger partial charge in [0.15, 0.2) is 0 Å². The van der Waals surface area contributed by atoms with Crippen LogP contribution >= 0.6 is 0 Å². The lowest BCUT2D eigenvalue weighted by molar-refractivity contribution is 0.0153. The highest BCUT2D eigenvalue weighted by molar-refractivity contribution is 6.71. The highest BCUT2D eigenvalue weighted by atomic mass is 28.4. The van der Waals surface area contributed by atoms with Crippen LogP contribution < -0.4 is 0 Å². The predicted octanol–water partition coefficient (Wildman–Crippen LogP) is 5.18. The summed E-state index contributed by atoms with van der Waals surface area (Å²) in [5.74, 6) is 1.95. The number of hydrogen-bond donors (Lipinski definition) is 0. The van der Waals surface area contributed by atoms with Crippen LogP contribution in [-0.4, -0.2) is 20.8 Å². The normalized spacial score (nSPS) is 13.6. The lowest BCUT2D eigenvalue weighted by Crippen LogP contribution is -2.48. The Balaban J connectivity index is 5.04. The van der Waals surface area contributed by atoms with E-state index in [1.165, 1.54) is 0 Å². The molecular weight excluding hydrogens is 264 g/mol. The van der Waals surface area contributed by atoms with Crippen LogP contribution in [0, 0.1) is 23.7 Å². The second-order valence-electron chi connectivity index (χ2n) is 7.36. The largest absolute Gasteiger partial charge is 0.388 e. The van der Waals surface area contributed by atoms with Gasteiger partial charge in [-0.05, 0) is 35.9 Å². The summed E-state index contributed by atoms with van der Waals surface area (Å²) in [6, 6.07) is 0. The van der Waals surface area contributed by atoms with E-state index >= 15 is 0 Å². The first-order valence-electron chi connectivity index (χ1n) is 8.03. The second-order valence-corrected chi connectivity index (χ2v) is 10.3. The Morgan fingerprint density at radius 3 is 1.10 bits per heavy atom. The van der Waals surface area contributed by atoms with E-state index in [-0.39, 0.29) is 12.2 Å². The van der Waals surface area contributed by atoms with E-state index in [0.29, 0.717) is 23.7 Å². The zero-order valence-electron chi connectivity index (χ0n) is 15.1. The molecule has 20 heavy (non-hydrogen) atoms. The zero-order valence-corrected chi connectivity index (χ0v) is 16.1. The molecule has 0 bridgehead atoms. The molecule has 0 aromatic rings. The first-order valence-corrected chi connectivity index (χ1v) is 10.4. The second kappa shape index (κ2) is 8.35. The van der Waals surface area contributed by atoms with E-state index < -0.39 is 8.56 Å². The number of hydrogen-bond acceptors (Lipinski definition) is 2. The van der Waals surface area contributed by atoms with Crippen molar-refractivity contribution in [1.82, 2.24) is 0 Å². The Morgan fingerprint density at radius 2 is 0.950 bits per heavy atom. The first kappa shape index (κ1) is 19.9. The molecule has 0 rings (SSSR count). The van der Waals surface area contributed by atoms with E-state index in [1.807, 2.05) is 5.70 Å². The fourth-order valence-electron chi connectivity index (χ4n) is 2.75. The van der Waals surface area contributed by atoms with E-state index in [4.69, 9.17) is 8.85 Å². The molecule has 0 aliphatic rings. The van der Waals surface area contributed by atoms with Gasteiger partial charge in [0.2, 0.25) is 0 Å². The molecule has 0 heterocycles. The molecule has 0 radical (unpaired) electrons. The topological polar surface area (TPSA) is 18.5 Å². The van der Waals surface area contributed by atoms with Crippen LogP contribution in [0.2, 0.25) is 6.55 Å². The molecule has 0 aliphatic carbocycles. The van der Waals surface area contributed by atoms with Gasteiger partial charge in [-0.1, -0.05) is 55.4 Å². The van der Waals surface area contributed by atoms with Crippen LogP contribution in [0.1, 0.15) is 55.4 Å². The van der Waals surface area contributed by atoms with Crippen molar-refractivity contribution >= 4 is 8.56 Å². The van der Waals surface area contributed by atoms with Gasteiger partial charge in [0, 0.05) is 0 Å². The van der Waals surface area contributed by atoms with Crippen molar-refractivity contribution in [2.75, 3.05) is 0 Å². The molecule has 0 spiro atoms. The summed E-state index contributed by atoms with van der Waals surface area (Å²) >= 11 is 0. The van der Waals surface area contributed by atoms with E-state index in [1.54, 1.807) is 0 Å². The summed E-state index contributed by atoms with van der Waals surface area (Å²) in [6.45, 7) is 23.8. The Hall–Kier alpha value is -0.123. The van der Waals surface area contributed by atoms with Crippen molar-refractivity contribution in [3.05, 3.63) is 12.3 Å². The third kappa shape index (κ3) is 6.11. The van der Waals surface area contributed by atoms with Gasteiger partial charge in [-0.15, -0.1) is 6.58 Å². The van der Waals surface area contributed by atoms with Crippen LogP contribution in [0.5, 0.6) is 0 Å². The van der Waals surface area contributed by atoms with Crippen LogP contribution in [0.3, 0.4) is 0 Å². The highest BCUT2D eigenvalue weighted by Crippen LogP contribution is 2.27. The molecule has 2 nitrogen and oxygen atoms in total. The molecular formula is C17H36O2Si. The lowest BCUT2D eigenvalue weighted by Gasteiger charge is -2.38. The van der Waals surface area contributed by atoms with Gasteiger partial charge < -0.3 is 8.85 Å². The Bertz CT molecular complexity index is 247. The molecule has 0 aromatic heterocycles. The summed E-state index contributed by atoms with van der Waals surface area (Å²) in [5, 5.41) is 0. The fraction of sp³-hybridized carbons (Fsp3) is 0.882. The standard InChI is InChI=1S/C17H36O2Si/c1-11-20(10,18-16(12(2)3)13(4)5)19-17(14(6)7)15(8)9/h11-17H,1H2,2-10H3. The first-order chi connectivity index (χ1) is 9.04. The van der Waals surface area contributed by atoms with Crippen molar-refractivity contribution in [2.24, 2.45) is 23.7 Å². The summed E-state index contributed by atoms with van der Waals surface area (Å²) in [5.41, 5.74) is 1.93. The summed E-state index contributed by atoms with van der Waals surface area (Å²) in [4.78, 5) is 0. The molecule has 3 heteroatoms. The summed E-state index contributed by atoms with van der Waals surface area (Å²) in [6.07, 6.45) is 0.453. The summed E-state index contributed by atoms with van der Waals surface area (Å²) < 4.78 is 12.9. The Morgan fingerprint density at radius 1 is 0.700 bits per heavy atom. The average Bonchev–Trinajstić information content (AvgIpc) is 2.31. The molecule has 120 valence electrons. The summed E-state index contributed by atoms with van der Waals surface area (Å²) in [7, 11) is -2.34. The maximum Gasteiger partial charge on any atom is 0.361 e. The molecule has 0 aliphatic heterocycles. The van der Waals surface area contributed by atoms with Gasteiger partial charge in [0.1, 0.15) is 0 Å². The lowest BCUT2D eigenvalue weighted by atomic mass is 9.97. The molecule has 0 unspecified atom stereocenters. The van der Waals surface area contributed by atoms with E-state index in [9.17, 15) is 0 Å². The van der Waals surface area contributed by atoms with Gasteiger partial charge >= 0.3 is 8.56 Å². The molecule has 0 amide bonds. The smallest absolute Gasteiger partial charge is 0.361 e. The molecule has 0 atom stereocenters. The van der Waals surface area contributed by atoms with Gasteiger partial charge in [-0.2, -0.15) is 0 Å². The van der Waals surface area contributed by atoms with Crippen molar-refractivity contribution in [3.63, 3.8) is 0 Å². The van der Waals surface area contributed by atoms with E-state index in [2.05, 4.69) is 68.5 Å². The van der Waals surface area contributed by atoms with Crippen LogP contribution in [-0.2, 0) is 8.85 Å². The minimum Gasteiger partial charge on any atom is -0.388 e.